The molecule has 38 heavy (non-hydrogen) atoms. The molecule has 0 amide bonds. The average molecular weight is 527 g/mol. The van der Waals surface area contributed by atoms with Gasteiger partial charge in [-0.3, -0.25) is 9.69 Å². The summed E-state index contributed by atoms with van der Waals surface area (Å²) in [4.78, 5) is 16.8. The zero-order valence-corrected chi connectivity index (χ0v) is 22.0. The molecule has 2 aliphatic heterocycles. The Balaban J connectivity index is 1.17. The highest BCUT2D eigenvalue weighted by molar-refractivity contribution is 5.73. The Morgan fingerprint density at radius 3 is 2.34 bits per heavy atom. The van der Waals surface area contributed by atoms with Crippen LogP contribution < -0.4 is 0 Å². The van der Waals surface area contributed by atoms with Crippen molar-refractivity contribution in [2.24, 2.45) is 17.8 Å². The highest BCUT2D eigenvalue weighted by Gasteiger charge is 2.42. The van der Waals surface area contributed by atoms with E-state index in [0.717, 1.165) is 69.4 Å². The van der Waals surface area contributed by atoms with Crippen LogP contribution in [0.1, 0.15) is 68.1 Å². The number of rotatable bonds is 11. The van der Waals surface area contributed by atoms with E-state index in [9.17, 15) is 23.8 Å². The van der Waals surface area contributed by atoms with Crippen LogP contribution in [0.3, 0.4) is 0 Å². The Bertz CT molecular complexity index is 1070. The minimum Gasteiger partial charge on any atom is -0.480 e. The minimum atomic E-state index is -0.737. The summed E-state index contributed by atoms with van der Waals surface area (Å²) in [6.45, 7) is 4.24. The van der Waals surface area contributed by atoms with Crippen LogP contribution in [0.5, 0.6) is 0 Å². The number of nitrogens with zero attached hydrogens (tertiary/aromatic N) is 2. The molecule has 2 aromatic carbocycles. The van der Waals surface area contributed by atoms with Crippen molar-refractivity contribution >= 4 is 5.97 Å². The number of carboxylic acid groups (broad SMARTS) is 1. The molecule has 2 aromatic rings. The lowest BCUT2D eigenvalue weighted by Gasteiger charge is -2.35. The molecule has 0 radical (unpaired) electrons. The summed E-state index contributed by atoms with van der Waals surface area (Å²) in [5.41, 5.74) is 1.73. The summed E-state index contributed by atoms with van der Waals surface area (Å²) in [5.74, 6) is 0.193. The third-order valence-corrected chi connectivity index (χ3v) is 9.03. The van der Waals surface area contributed by atoms with Crippen LogP contribution in [0.4, 0.5) is 8.78 Å². The van der Waals surface area contributed by atoms with Crippen molar-refractivity contribution in [2.75, 3.05) is 32.7 Å². The number of hydrogen-bond acceptors (Lipinski definition) is 4. The monoisotopic (exact) mass is 526 g/mol. The lowest BCUT2D eigenvalue weighted by molar-refractivity contribution is -0.143. The zero-order chi connectivity index (χ0) is 26.6. The second-order valence-corrected chi connectivity index (χ2v) is 11.8. The van der Waals surface area contributed by atoms with E-state index in [1.54, 1.807) is 24.3 Å². The summed E-state index contributed by atoms with van der Waals surface area (Å²) < 4.78 is 27.3. The number of aliphatic carboxylic acids is 1. The zero-order valence-electron chi connectivity index (χ0n) is 22.0. The van der Waals surface area contributed by atoms with Crippen molar-refractivity contribution in [3.63, 3.8) is 0 Å². The molecule has 2 saturated heterocycles. The molecule has 7 heteroatoms. The van der Waals surface area contributed by atoms with Crippen molar-refractivity contribution in [3.05, 3.63) is 71.3 Å². The SMILES string of the molecule is O=C(O)C(CC1CC1)N1CC(CN2CCC(CCC(O)c3ccc(F)cc3)CC2)C(c2cccc(F)c2)C1. The van der Waals surface area contributed by atoms with E-state index in [1.807, 2.05) is 6.07 Å². The molecule has 4 unspecified atom stereocenters. The molecule has 0 aromatic heterocycles. The third-order valence-electron chi connectivity index (χ3n) is 9.03. The number of carbonyl (C=O) groups is 1. The Kier molecular flexibility index (Phi) is 8.76. The maximum Gasteiger partial charge on any atom is 0.320 e. The first kappa shape index (κ1) is 27.2. The molecule has 2 N–H and O–H groups in total. The Labute approximate surface area is 224 Å². The average Bonchev–Trinajstić information content (AvgIpc) is 3.64. The summed E-state index contributed by atoms with van der Waals surface area (Å²) in [6, 6.07) is 12.5. The number of piperidine rings is 1. The van der Waals surface area contributed by atoms with Crippen LogP contribution in [0.25, 0.3) is 0 Å². The van der Waals surface area contributed by atoms with Gasteiger partial charge in [0, 0.05) is 25.6 Å². The highest BCUT2D eigenvalue weighted by atomic mass is 19.1. The molecule has 1 aliphatic carbocycles. The van der Waals surface area contributed by atoms with Gasteiger partial charge in [-0.1, -0.05) is 37.1 Å². The summed E-state index contributed by atoms with van der Waals surface area (Å²) in [6.07, 6.45) is 6.15. The van der Waals surface area contributed by atoms with Gasteiger partial charge in [-0.15, -0.1) is 0 Å². The van der Waals surface area contributed by atoms with Crippen LogP contribution >= 0.6 is 0 Å². The molecule has 1 saturated carbocycles. The van der Waals surface area contributed by atoms with Crippen LogP contribution in [-0.4, -0.2) is 64.7 Å². The highest BCUT2D eigenvalue weighted by Crippen LogP contribution is 2.40. The number of benzene rings is 2. The van der Waals surface area contributed by atoms with Gasteiger partial charge in [0.25, 0.3) is 0 Å². The van der Waals surface area contributed by atoms with Crippen molar-refractivity contribution in [1.29, 1.82) is 0 Å². The van der Waals surface area contributed by atoms with Crippen LogP contribution in [0.2, 0.25) is 0 Å². The van der Waals surface area contributed by atoms with Crippen molar-refractivity contribution in [2.45, 2.75) is 63.0 Å². The Hall–Kier alpha value is -2.35. The smallest absolute Gasteiger partial charge is 0.320 e. The van der Waals surface area contributed by atoms with Gasteiger partial charge in [-0.05, 0) is 98.3 Å². The Morgan fingerprint density at radius 1 is 0.947 bits per heavy atom. The molecular formula is C31H40F2N2O3. The van der Waals surface area contributed by atoms with E-state index >= 15 is 0 Å². The molecule has 2 heterocycles. The summed E-state index contributed by atoms with van der Waals surface area (Å²) >= 11 is 0. The van der Waals surface area contributed by atoms with Gasteiger partial charge >= 0.3 is 5.97 Å². The number of hydrogen-bond donors (Lipinski definition) is 2. The van der Waals surface area contributed by atoms with Gasteiger partial charge in [-0.2, -0.15) is 0 Å². The topological polar surface area (TPSA) is 64.0 Å². The number of carboxylic acids is 1. The molecule has 3 fully saturated rings. The normalized spacial score (nSPS) is 24.9. The van der Waals surface area contributed by atoms with Gasteiger partial charge in [0.15, 0.2) is 0 Å². The first-order valence-corrected chi connectivity index (χ1v) is 14.2. The van der Waals surface area contributed by atoms with Gasteiger partial charge in [-0.25, -0.2) is 8.78 Å². The fourth-order valence-electron chi connectivity index (χ4n) is 6.57. The maximum absolute atomic E-state index is 14.1. The largest absolute Gasteiger partial charge is 0.480 e. The van der Waals surface area contributed by atoms with Crippen LogP contribution in [-0.2, 0) is 4.79 Å². The van der Waals surface area contributed by atoms with Gasteiger partial charge in [0.1, 0.15) is 17.7 Å². The molecule has 5 rings (SSSR count). The number of halogens is 2. The standard InChI is InChI=1S/C31H40F2N2O3/c32-26-9-7-23(8-10-26)30(36)11-6-21-12-14-34(15-13-21)18-25-19-35(29(31(37)38)16-22-4-5-22)20-28(25)24-2-1-3-27(33)17-24/h1-3,7-10,17,21-22,25,28-30,36H,4-6,11-16,18-20H2,(H,37,38). The van der Waals surface area contributed by atoms with Crippen molar-refractivity contribution in [1.82, 2.24) is 9.80 Å². The van der Waals surface area contributed by atoms with Gasteiger partial charge in [0.05, 0.1) is 6.10 Å². The van der Waals surface area contributed by atoms with Gasteiger partial charge in [0.2, 0.25) is 0 Å². The fraction of sp³-hybridized carbons (Fsp3) is 0.581. The fourth-order valence-corrected chi connectivity index (χ4v) is 6.57. The number of aliphatic hydroxyl groups excluding tert-OH is 1. The molecule has 0 bridgehead atoms. The predicted octanol–water partition coefficient (Wildman–Crippen LogP) is 5.46. The molecular weight excluding hydrogens is 486 g/mol. The van der Waals surface area contributed by atoms with E-state index in [0.29, 0.717) is 31.2 Å². The van der Waals surface area contributed by atoms with E-state index < -0.39 is 18.1 Å². The molecule has 3 aliphatic rings. The molecule has 5 nitrogen and oxygen atoms in total. The van der Waals surface area contributed by atoms with Crippen molar-refractivity contribution in [3.8, 4) is 0 Å². The second-order valence-electron chi connectivity index (χ2n) is 11.8. The molecule has 4 atom stereocenters. The second kappa shape index (κ2) is 12.2. The lowest BCUT2D eigenvalue weighted by atomic mass is 9.86. The van der Waals surface area contributed by atoms with Gasteiger partial charge < -0.3 is 15.1 Å². The quantitative estimate of drug-likeness (QED) is 0.407. The maximum atomic E-state index is 14.1. The number of likely N-dealkylation sites (tertiary alicyclic amines) is 2. The minimum absolute atomic E-state index is 0.121. The van der Waals surface area contributed by atoms with E-state index in [-0.39, 0.29) is 23.5 Å². The summed E-state index contributed by atoms with van der Waals surface area (Å²) in [7, 11) is 0. The lowest BCUT2D eigenvalue weighted by Crippen LogP contribution is -2.41. The summed E-state index contributed by atoms with van der Waals surface area (Å²) in [5, 5.41) is 20.5. The van der Waals surface area contributed by atoms with E-state index in [1.165, 1.54) is 18.2 Å². The van der Waals surface area contributed by atoms with Crippen LogP contribution in [0.15, 0.2) is 48.5 Å². The molecule has 0 spiro atoms. The first-order chi connectivity index (χ1) is 18.4. The first-order valence-electron chi connectivity index (χ1n) is 14.2. The van der Waals surface area contributed by atoms with Crippen LogP contribution in [0, 0.1) is 29.4 Å². The molecule has 206 valence electrons. The number of aliphatic hydroxyl groups is 1. The predicted molar refractivity (Wildman–Crippen MR) is 143 cm³/mol. The Morgan fingerprint density at radius 2 is 1.68 bits per heavy atom. The van der Waals surface area contributed by atoms with E-state index in [4.69, 9.17) is 0 Å². The third kappa shape index (κ3) is 6.99. The van der Waals surface area contributed by atoms with E-state index in [2.05, 4.69) is 9.80 Å². The van der Waals surface area contributed by atoms with Crippen molar-refractivity contribution < 1.29 is 23.8 Å².